The summed E-state index contributed by atoms with van der Waals surface area (Å²) in [6.45, 7) is 1.83. The second-order valence-electron chi connectivity index (χ2n) is 16.0. The van der Waals surface area contributed by atoms with Crippen molar-refractivity contribution >= 4 is 11.9 Å². The van der Waals surface area contributed by atoms with Gasteiger partial charge in [-0.15, -0.1) is 0 Å². The van der Waals surface area contributed by atoms with E-state index in [2.05, 4.69) is 36.0 Å². The normalized spacial score (nSPS) is 37.7. The highest BCUT2D eigenvalue weighted by atomic mass is 16.6. The van der Waals surface area contributed by atoms with E-state index in [1.165, 1.54) is 11.1 Å². The Morgan fingerprint density at radius 2 is 1.16 bits per heavy atom. The maximum atomic E-state index is 13.2. The van der Waals surface area contributed by atoms with Gasteiger partial charge in [0.1, 0.15) is 12.2 Å². The Kier molecular flexibility index (Phi) is 6.61. The molecule has 10 heteroatoms. The molecule has 262 valence electrons. The average molecular weight is 681 g/mol. The minimum absolute atomic E-state index is 0.144. The lowest BCUT2D eigenvalue weighted by atomic mass is 9.53. The zero-order valence-electron chi connectivity index (χ0n) is 28.5. The minimum atomic E-state index is -0.554. The van der Waals surface area contributed by atoms with Crippen LogP contribution in [0.15, 0.2) is 48.6 Å². The Bertz CT molecular complexity index is 1740. The number of hydrogen-bond donors (Lipinski definition) is 2. The molecule has 0 unspecified atom stereocenters. The van der Waals surface area contributed by atoms with Crippen LogP contribution in [0.25, 0.3) is 0 Å². The largest absolute Gasteiger partial charge is 0.504 e. The van der Waals surface area contributed by atoms with E-state index in [-0.39, 0.29) is 71.2 Å². The van der Waals surface area contributed by atoms with Crippen molar-refractivity contribution in [2.75, 3.05) is 27.2 Å². The lowest BCUT2D eigenvalue weighted by molar-refractivity contribution is -0.157. The molecule has 4 bridgehead atoms. The number of carbonyl (C=O) groups is 2. The number of rotatable bonds is 7. The zero-order chi connectivity index (χ0) is 34.1. The van der Waals surface area contributed by atoms with E-state index in [0.717, 1.165) is 49.9 Å². The monoisotopic (exact) mass is 680 g/mol. The third kappa shape index (κ3) is 3.97. The second-order valence-corrected chi connectivity index (χ2v) is 16.0. The summed E-state index contributed by atoms with van der Waals surface area (Å²) < 4.78 is 25.2. The SMILES string of the molecule is CN1CC[C@]23c4c5ccc(O)c4O[C@H]2[C@@H](OC(=O)CCCCC(=O)O[C@H]2C=C[C@H]4[C@H]6Cc7ccc(O)c8c7[C@@]4(CCN6C)[C@H]2O8)C=C[C@H]3[C@H]1C5. The third-order valence-corrected chi connectivity index (χ3v) is 13.8. The Morgan fingerprint density at radius 3 is 1.60 bits per heavy atom. The van der Waals surface area contributed by atoms with Gasteiger partial charge in [0, 0.05) is 58.7 Å². The van der Waals surface area contributed by atoms with Gasteiger partial charge in [-0.2, -0.15) is 0 Å². The minimum Gasteiger partial charge on any atom is -0.504 e. The van der Waals surface area contributed by atoms with Crippen molar-refractivity contribution < 1.29 is 38.7 Å². The fourth-order valence-corrected chi connectivity index (χ4v) is 11.6. The summed E-state index contributed by atoms with van der Waals surface area (Å²) in [7, 11) is 4.35. The number of phenols is 2. The molecule has 4 aliphatic carbocycles. The van der Waals surface area contributed by atoms with E-state index < -0.39 is 12.2 Å². The Labute approximate surface area is 291 Å². The number of likely N-dealkylation sites (N-methyl/N-ethyl adjacent to an activating group) is 2. The number of nitrogens with zero attached hydrogens (tertiary/aromatic N) is 2. The van der Waals surface area contributed by atoms with Crippen molar-refractivity contribution in [3.63, 3.8) is 0 Å². The second kappa shape index (κ2) is 10.7. The van der Waals surface area contributed by atoms with Gasteiger partial charge in [0.2, 0.25) is 0 Å². The molecule has 4 heterocycles. The standard InChI is InChI=1S/C40H44N2O8/c1-41-17-15-39-23-9-13-29(37(39)49-35-27(43)11-7-21(33(35)39)19-25(23)41)47-31(45)5-3-4-6-32(46)48-30-14-10-24-26-20-22-8-12-28(44)36-34(22)40(24,38(30)50-36)16-18-42(26)2/h7-14,23-26,29-30,37-38,43-44H,3-6,15-20H2,1-2H3/t23-,24-,25+,26+,29-,30-,37-,38-,39-,40-/m0/s1. The number of benzene rings is 2. The molecule has 8 aliphatic rings. The van der Waals surface area contributed by atoms with Crippen LogP contribution < -0.4 is 9.47 Å². The highest BCUT2D eigenvalue weighted by Crippen LogP contribution is 2.64. The van der Waals surface area contributed by atoms with Crippen LogP contribution in [0.2, 0.25) is 0 Å². The third-order valence-electron chi connectivity index (χ3n) is 13.8. The average Bonchev–Trinajstić information content (AvgIpc) is 3.65. The summed E-state index contributed by atoms with van der Waals surface area (Å²) in [5.74, 6) is 1.19. The molecule has 2 spiro atoms. The van der Waals surface area contributed by atoms with Crippen molar-refractivity contribution in [2.24, 2.45) is 11.8 Å². The van der Waals surface area contributed by atoms with Crippen molar-refractivity contribution in [2.45, 2.75) is 98.7 Å². The predicted octanol–water partition coefficient (Wildman–Crippen LogP) is 4.07. The van der Waals surface area contributed by atoms with E-state index in [1.807, 2.05) is 24.3 Å². The number of unbranched alkanes of at least 4 members (excludes halogenated alkanes) is 1. The quantitative estimate of drug-likeness (QED) is 0.252. The molecule has 10 rings (SSSR count). The van der Waals surface area contributed by atoms with E-state index in [1.54, 1.807) is 12.1 Å². The van der Waals surface area contributed by atoms with Crippen LogP contribution in [0.1, 0.15) is 60.8 Å². The van der Waals surface area contributed by atoms with Crippen molar-refractivity contribution in [1.82, 2.24) is 9.80 Å². The number of hydrogen-bond acceptors (Lipinski definition) is 10. The molecule has 10 atom stereocenters. The molecule has 0 saturated carbocycles. The summed E-state index contributed by atoms with van der Waals surface area (Å²) >= 11 is 0. The van der Waals surface area contributed by atoms with Gasteiger partial charge in [-0.05, 0) is 101 Å². The van der Waals surface area contributed by atoms with Crippen molar-refractivity contribution in [3.05, 3.63) is 70.8 Å². The van der Waals surface area contributed by atoms with Gasteiger partial charge < -0.3 is 39.0 Å². The van der Waals surface area contributed by atoms with Gasteiger partial charge in [0.15, 0.2) is 35.2 Å². The fourth-order valence-electron chi connectivity index (χ4n) is 11.6. The highest BCUT2D eigenvalue weighted by Gasteiger charge is 2.66. The van der Waals surface area contributed by atoms with Crippen LogP contribution >= 0.6 is 0 Å². The molecule has 2 aromatic rings. The molecule has 2 saturated heterocycles. The van der Waals surface area contributed by atoms with Crippen molar-refractivity contribution in [3.8, 4) is 23.0 Å². The lowest BCUT2D eigenvalue weighted by Crippen LogP contribution is -2.65. The molecule has 0 radical (unpaired) electrons. The summed E-state index contributed by atoms with van der Waals surface area (Å²) in [4.78, 5) is 31.2. The van der Waals surface area contributed by atoms with Crippen LogP contribution in [-0.4, -0.2) is 95.6 Å². The Hall–Kier alpha value is -4.02. The molecule has 10 nitrogen and oxygen atoms in total. The van der Waals surface area contributed by atoms with Crippen molar-refractivity contribution in [1.29, 1.82) is 0 Å². The Balaban J connectivity index is 0.781. The van der Waals surface area contributed by atoms with Gasteiger partial charge in [0.25, 0.3) is 0 Å². The van der Waals surface area contributed by atoms with E-state index in [4.69, 9.17) is 18.9 Å². The molecule has 2 N–H and O–H groups in total. The number of piperidine rings is 2. The molecule has 2 aromatic carbocycles. The van der Waals surface area contributed by atoms with Gasteiger partial charge in [-0.1, -0.05) is 24.3 Å². The number of ether oxygens (including phenoxy) is 4. The summed E-state index contributed by atoms with van der Waals surface area (Å²) in [6.07, 6.45) is 11.4. The number of carbonyl (C=O) groups excluding carboxylic acids is 2. The van der Waals surface area contributed by atoms with E-state index in [9.17, 15) is 19.8 Å². The van der Waals surface area contributed by atoms with E-state index in [0.29, 0.717) is 36.4 Å². The fraction of sp³-hybridized carbons (Fsp3) is 0.550. The highest BCUT2D eigenvalue weighted by molar-refractivity contribution is 5.72. The number of aromatic hydroxyl groups is 2. The number of likely N-dealkylation sites (tertiary alicyclic amines) is 2. The van der Waals surface area contributed by atoms with Gasteiger partial charge in [0.05, 0.1) is 0 Å². The molecular weight excluding hydrogens is 636 g/mol. The van der Waals surface area contributed by atoms with Gasteiger partial charge >= 0.3 is 11.9 Å². The first-order valence-electron chi connectivity index (χ1n) is 18.4. The summed E-state index contributed by atoms with van der Waals surface area (Å²) in [5.41, 5.74) is 3.98. The summed E-state index contributed by atoms with van der Waals surface area (Å²) in [6, 6.07) is 8.16. The zero-order valence-corrected chi connectivity index (χ0v) is 28.5. The molecular formula is C40H44N2O8. The van der Waals surface area contributed by atoms with Crippen LogP contribution in [-0.2, 0) is 42.7 Å². The predicted molar refractivity (Wildman–Crippen MR) is 181 cm³/mol. The maximum absolute atomic E-state index is 13.2. The molecule has 4 aliphatic heterocycles. The van der Waals surface area contributed by atoms with E-state index >= 15 is 0 Å². The lowest BCUT2D eigenvalue weighted by Gasteiger charge is -2.56. The molecule has 0 aromatic heterocycles. The topological polar surface area (TPSA) is 118 Å². The van der Waals surface area contributed by atoms with Gasteiger partial charge in [-0.3, -0.25) is 9.59 Å². The van der Waals surface area contributed by atoms with Crippen LogP contribution in [0, 0.1) is 11.8 Å². The van der Waals surface area contributed by atoms with Crippen LogP contribution in [0.4, 0.5) is 0 Å². The first kappa shape index (κ1) is 30.8. The molecule has 0 amide bonds. The van der Waals surface area contributed by atoms with Crippen LogP contribution in [0.5, 0.6) is 23.0 Å². The summed E-state index contributed by atoms with van der Waals surface area (Å²) in [5, 5.41) is 21.5. The Morgan fingerprint density at radius 1 is 0.720 bits per heavy atom. The number of esters is 2. The smallest absolute Gasteiger partial charge is 0.306 e. The van der Waals surface area contributed by atoms with Gasteiger partial charge in [-0.25, -0.2) is 0 Å². The number of phenolic OH excluding ortho intramolecular Hbond substituents is 2. The molecule has 2 fully saturated rings. The van der Waals surface area contributed by atoms with Crippen LogP contribution in [0.3, 0.4) is 0 Å². The maximum Gasteiger partial charge on any atom is 0.306 e. The first-order chi connectivity index (χ1) is 24.2. The molecule has 50 heavy (non-hydrogen) atoms. The first-order valence-corrected chi connectivity index (χ1v) is 18.4.